The first-order chi connectivity index (χ1) is 28.0. The predicted octanol–water partition coefficient (Wildman–Crippen LogP) is -0.232. The third-order valence-electron chi connectivity index (χ3n) is 8.64. The van der Waals surface area contributed by atoms with E-state index in [2.05, 4.69) is 15.4 Å². The van der Waals surface area contributed by atoms with Gasteiger partial charge < -0.3 is 63.1 Å². The maximum atomic E-state index is 12.9. The summed E-state index contributed by atoms with van der Waals surface area (Å²) in [6.07, 6.45) is -13.3. The number of unbranched alkanes of at least 4 members (excludes halogenated alkanes) is 1. The molecule has 2 aliphatic rings. The van der Waals surface area contributed by atoms with Crippen LogP contribution in [0.25, 0.3) is 0 Å². The molecule has 1 aromatic carbocycles. The zero-order valence-corrected chi connectivity index (χ0v) is 33.6. The van der Waals surface area contributed by atoms with Gasteiger partial charge in [-0.05, 0) is 25.0 Å². The van der Waals surface area contributed by atoms with Crippen LogP contribution in [0.5, 0.6) is 0 Å². The van der Waals surface area contributed by atoms with E-state index >= 15 is 0 Å². The number of nitrogens with one attached hydrogen (secondary N) is 2. The van der Waals surface area contributed by atoms with Gasteiger partial charge in [0.2, 0.25) is 11.8 Å². The largest absolute Gasteiger partial charge is 0.469 e. The molecule has 0 aliphatic carbocycles. The lowest BCUT2D eigenvalue weighted by atomic mass is 9.95. The van der Waals surface area contributed by atoms with E-state index in [4.69, 9.17) is 42.6 Å². The summed E-state index contributed by atoms with van der Waals surface area (Å²) in [7, 11) is 1.27. The first-order valence-electron chi connectivity index (χ1n) is 18.7. The van der Waals surface area contributed by atoms with Gasteiger partial charge in [0.15, 0.2) is 30.9 Å². The molecule has 1 aromatic rings. The van der Waals surface area contributed by atoms with Crippen LogP contribution >= 0.6 is 0 Å². The molecule has 10 atom stereocenters. The van der Waals surface area contributed by atoms with Crippen molar-refractivity contribution >= 4 is 47.6 Å². The summed E-state index contributed by atoms with van der Waals surface area (Å²) in [6.45, 7) is 3.94. The van der Waals surface area contributed by atoms with Crippen LogP contribution in [0.1, 0.15) is 70.7 Å². The van der Waals surface area contributed by atoms with Crippen molar-refractivity contribution in [1.29, 1.82) is 0 Å². The van der Waals surface area contributed by atoms with Gasteiger partial charge in [0.1, 0.15) is 43.7 Å². The molecule has 2 fully saturated rings. The quantitative estimate of drug-likeness (QED) is 0.0869. The number of hydrogen-bond donors (Lipinski definition) is 3. The van der Waals surface area contributed by atoms with Crippen LogP contribution in [-0.4, -0.2) is 148 Å². The summed E-state index contributed by atoms with van der Waals surface area (Å²) >= 11 is 0. The average molecular weight is 841 g/mol. The van der Waals surface area contributed by atoms with Crippen LogP contribution in [0.15, 0.2) is 30.3 Å². The molecule has 0 aromatic heterocycles. The van der Waals surface area contributed by atoms with E-state index in [0.717, 1.165) is 34.6 Å². The Kier molecular flexibility index (Phi) is 19.6. The third-order valence-corrected chi connectivity index (χ3v) is 8.64. The van der Waals surface area contributed by atoms with E-state index in [9.17, 15) is 43.5 Å². The van der Waals surface area contributed by atoms with E-state index in [-0.39, 0.29) is 37.5 Å². The monoisotopic (exact) mass is 840 g/mol. The molecule has 0 radical (unpaired) electrons. The van der Waals surface area contributed by atoms with Gasteiger partial charge in [0, 0.05) is 54.0 Å². The molecule has 2 heterocycles. The van der Waals surface area contributed by atoms with Gasteiger partial charge in [-0.25, -0.2) is 4.79 Å². The Morgan fingerprint density at radius 3 is 1.90 bits per heavy atom. The third kappa shape index (κ3) is 15.8. The fourth-order valence-corrected chi connectivity index (χ4v) is 6.13. The Morgan fingerprint density at radius 2 is 1.29 bits per heavy atom. The van der Waals surface area contributed by atoms with Crippen molar-refractivity contribution in [2.45, 2.75) is 122 Å². The number of aliphatic hydroxyl groups excluding tert-OH is 1. The van der Waals surface area contributed by atoms with Crippen LogP contribution in [0.2, 0.25) is 0 Å². The number of esters is 6. The Labute approximate surface area is 339 Å². The van der Waals surface area contributed by atoms with Crippen LogP contribution in [0.4, 0.5) is 0 Å². The summed E-state index contributed by atoms with van der Waals surface area (Å²) in [6, 6.07) is 6.53. The first kappa shape index (κ1) is 48.2. The van der Waals surface area contributed by atoms with Crippen molar-refractivity contribution in [3.63, 3.8) is 0 Å². The second-order valence-electron chi connectivity index (χ2n) is 13.4. The Balaban J connectivity index is 1.96. The van der Waals surface area contributed by atoms with Crippen LogP contribution in [0.3, 0.4) is 0 Å². The minimum absolute atomic E-state index is 0.0517. The maximum absolute atomic E-state index is 12.9. The highest BCUT2D eigenvalue weighted by molar-refractivity contribution is 5.89. The fraction of sp³-hybridized carbons (Fsp3) is 0.632. The van der Waals surface area contributed by atoms with Crippen molar-refractivity contribution in [2.75, 3.05) is 33.5 Å². The number of rotatable bonds is 20. The Morgan fingerprint density at radius 1 is 0.695 bits per heavy atom. The molecule has 2 amide bonds. The molecule has 0 spiro atoms. The lowest BCUT2D eigenvalue weighted by Gasteiger charge is -2.48. The van der Waals surface area contributed by atoms with Crippen molar-refractivity contribution < 1.29 is 90.8 Å². The molecule has 21 heteroatoms. The Bertz CT molecular complexity index is 1610. The molecule has 21 nitrogen and oxygen atoms in total. The molecule has 59 heavy (non-hydrogen) atoms. The van der Waals surface area contributed by atoms with E-state index in [1.54, 1.807) is 18.2 Å². The molecule has 328 valence electrons. The van der Waals surface area contributed by atoms with Crippen molar-refractivity contribution in [3.05, 3.63) is 35.9 Å². The van der Waals surface area contributed by atoms with E-state index in [1.165, 1.54) is 19.2 Å². The normalized spacial score (nSPS) is 26.3. The number of hydrogen-bond acceptors (Lipinski definition) is 19. The smallest absolute Gasteiger partial charge is 0.338 e. The summed E-state index contributed by atoms with van der Waals surface area (Å²) in [5.41, 5.74) is 0.188. The average Bonchev–Trinajstić information content (AvgIpc) is 3.17. The zero-order valence-electron chi connectivity index (χ0n) is 33.6. The topological polar surface area (TPSA) is 273 Å². The highest BCUT2D eigenvalue weighted by atomic mass is 16.8. The van der Waals surface area contributed by atoms with Crippen molar-refractivity contribution in [3.8, 4) is 0 Å². The molecular weight excluding hydrogens is 788 g/mol. The lowest BCUT2D eigenvalue weighted by Crippen LogP contribution is -2.69. The fourth-order valence-electron chi connectivity index (χ4n) is 6.13. The summed E-state index contributed by atoms with van der Waals surface area (Å²) in [5, 5.41) is 17.1. The number of methoxy groups -OCH3 is 1. The number of benzene rings is 1. The number of aliphatic hydroxyl groups is 1. The van der Waals surface area contributed by atoms with Gasteiger partial charge in [0.25, 0.3) is 0 Å². The maximum Gasteiger partial charge on any atom is 0.338 e. The number of amides is 2. The number of ether oxygens (including phenoxy) is 10. The molecule has 2 aliphatic heterocycles. The molecular formula is C38H52N2O19. The van der Waals surface area contributed by atoms with E-state index in [1.807, 2.05) is 0 Å². The highest BCUT2D eigenvalue weighted by Gasteiger charge is 2.56. The van der Waals surface area contributed by atoms with Gasteiger partial charge in [-0.1, -0.05) is 18.2 Å². The van der Waals surface area contributed by atoms with Crippen LogP contribution in [-0.2, 0) is 80.9 Å². The van der Waals surface area contributed by atoms with E-state index in [0.29, 0.717) is 12.8 Å². The van der Waals surface area contributed by atoms with Crippen molar-refractivity contribution in [2.24, 2.45) is 0 Å². The number of carbonyl (C=O) groups is 8. The molecule has 0 unspecified atom stereocenters. The second kappa shape index (κ2) is 24.0. The van der Waals surface area contributed by atoms with Gasteiger partial charge >= 0.3 is 35.8 Å². The molecule has 3 N–H and O–H groups in total. The standard InChI is InChI=1S/C38H52N2O19/c1-20(41)40-30-33(59-38-35(56-24(5)45)34(55-23(4)44)32(54-22(3)43)27(58-38)19-52-21(2)42)31(48)26(18-53-36(49)25-12-8-7-9-13-25)57-37(30)51-17-16-39-28(46)14-10-11-15-29(47)50-6/h7-9,12-13,26-27,30-35,37-38,48H,10-11,14-19H2,1-6H3,(H,39,46)(H,40,41)/t26-,27-,30-,31+,32+,33-,34+,35-,37+,38+/m1/s1. The predicted molar refractivity (Wildman–Crippen MR) is 195 cm³/mol. The molecule has 2 saturated heterocycles. The molecule has 0 saturated carbocycles. The van der Waals surface area contributed by atoms with Crippen LogP contribution in [0, 0.1) is 0 Å². The van der Waals surface area contributed by atoms with Crippen molar-refractivity contribution in [1.82, 2.24) is 10.6 Å². The van der Waals surface area contributed by atoms with E-state index < -0.39 is 116 Å². The van der Waals surface area contributed by atoms with Crippen LogP contribution < -0.4 is 10.6 Å². The lowest BCUT2D eigenvalue weighted by molar-refractivity contribution is -0.346. The molecule has 3 rings (SSSR count). The minimum Gasteiger partial charge on any atom is -0.469 e. The van der Waals surface area contributed by atoms with Gasteiger partial charge in [-0.2, -0.15) is 0 Å². The zero-order chi connectivity index (χ0) is 43.6. The summed E-state index contributed by atoms with van der Waals surface area (Å²) in [4.78, 5) is 98.2. The summed E-state index contributed by atoms with van der Waals surface area (Å²) < 4.78 is 56.0. The van der Waals surface area contributed by atoms with Gasteiger partial charge in [-0.15, -0.1) is 0 Å². The second-order valence-corrected chi connectivity index (χ2v) is 13.4. The molecule has 0 bridgehead atoms. The minimum atomic E-state index is -1.81. The number of carbonyl (C=O) groups excluding carboxylic acids is 8. The highest BCUT2D eigenvalue weighted by Crippen LogP contribution is 2.34. The SMILES string of the molecule is COC(=O)CCCCC(=O)NCCO[C@H]1O[C@H](COC(=O)c2ccccc2)[C@H](O)[C@H](O[C@@H]2O[C@H](COC(C)=O)[C@H](OC(C)=O)[C@H](OC(C)=O)[C@H]2OC(C)=O)[C@H]1NC(C)=O. The van der Waals surface area contributed by atoms with Gasteiger partial charge in [0.05, 0.1) is 19.3 Å². The van der Waals surface area contributed by atoms with Gasteiger partial charge in [-0.3, -0.25) is 33.6 Å². The Hall–Kier alpha value is -5.22. The summed E-state index contributed by atoms with van der Waals surface area (Å²) in [5.74, 6) is -5.60. The first-order valence-corrected chi connectivity index (χ1v) is 18.7.